The van der Waals surface area contributed by atoms with E-state index in [4.69, 9.17) is 4.98 Å². The summed E-state index contributed by atoms with van der Waals surface area (Å²) >= 11 is 1.84. The van der Waals surface area contributed by atoms with Crippen LogP contribution in [0.15, 0.2) is 5.38 Å². The molecule has 1 spiro atoms. The number of hydrogen-bond acceptors (Lipinski definition) is 4. The molecule has 2 aliphatic rings. The van der Waals surface area contributed by atoms with Crippen molar-refractivity contribution >= 4 is 11.3 Å². The maximum Gasteiger partial charge on any atom is 0.107 e. The lowest BCUT2D eigenvalue weighted by Gasteiger charge is -2.45. The maximum absolute atomic E-state index is 4.89. The van der Waals surface area contributed by atoms with Crippen LogP contribution in [0.1, 0.15) is 57.2 Å². The molecule has 112 valence electrons. The molecule has 0 bridgehead atoms. The predicted molar refractivity (Wildman–Crippen MR) is 85.3 cm³/mol. The van der Waals surface area contributed by atoms with E-state index in [9.17, 15) is 0 Å². The van der Waals surface area contributed by atoms with Gasteiger partial charge in [0.2, 0.25) is 0 Å². The van der Waals surface area contributed by atoms with Crippen LogP contribution in [0.4, 0.5) is 0 Å². The monoisotopic (exact) mass is 293 g/mol. The van der Waals surface area contributed by atoms with Crippen molar-refractivity contribution in [3.63, 3.8) is 0 Å². The highest BCUT2D eigenvalue weighted by molar-refractivity contribution is 7.09. The smallest absolute Gasteiger partial charge is 0.107 e. The van der Waals surface area contributed by atoms with Crippen LogP contribution < -0.4 is 5.32 Å². The number of rotatable bonds is 2. The molecule has 0 amide bonds. The molecule has 1 aliphatic carbocycles. The summed E-state index contributed by atoms with van der Waals surface area (Å²) in [6, 6.07) is 0. The first-order valence-corrected chi connectivity index (χ1v) is 8.78. The first-order chi connectivity index (χ1) is 9.50. The van der Waals surface area contributed by atoms with Gasteiger partial charge >= 0.3 is 0 Å². The number of thiazole rings is 1. The van der Waals surface area contributed by atoms with Gasteiger partial charge in [-0.25, -0.2) is 4.98 Å². The molecule has 0 atom stereocenters. The summed E-state index contributed by atoms with van der Waals surface area (Å²) < 4.78 is 0. The van der Waals surface area contributed by atoms with E-state index in [0.717, 1.165) is 13.1 Å². The molecule has 1 saturated carbocycles. The standard InChI is InChI=1S/C16H27N3S/c1-15(2,3)13-11-20-14(18-13)10-19-9-8-17-12-16(19)6-4-5-7-16/h11,17H,4-10,12H2,1-3H3. The third-order valence-electron chi connectivity index (χ3n) is 4.86. The van der Waals surface area contributed by atoms with Crippen LogP contribution in [0.3, 0.4) is 0 Å². The van der Waals surface area contributed by atoms with Gasteiger partial charge in [-0.2, -0.15) is 0 Å². The molecule has 1 aliphatic heterocycles. The summed E-state index contributed by atoms with van der Waals surface area (Å²) in [5, 5.41) is 7.15. The second-order valence-electron chi connectivity index (χ2n) is 7.41. The molecule has 2 heterocycles. The van der Waals surface area contributed by atoms with Gasteiger partial charge in [0.15, 0.2) is 0 Å². The van der Waals surface area contributed by atoms with Crippen LogP contribution in [0, 0.1) is 0 Å². The number of piperazine rings is 1. The molecule has 20 heavy (non-hydrogen) atoms. The first-order valence-electron chi connectivity index (χ1n) is 7.90. The third-order valence-corrected chi connectivity index (χ3v) is 5.70. The van der Waals surface area contributed by atoms with Crippen molar-refractivity contribution in [3.8, 4) is 0 Å². The van der Waals surface area contributed by atoms with Gasteiger partial charge in [-0.05, 0) is 12.8 Å². The zero-order valence-electron chi connectivity index (χ0n) is 13.0. The average Bonchev–Trinajstić information content (AvgIpc) is 3.01. The Balaban J connectivity index is 1.74. The minimum absolute atomic E-state index is 0.170. The Morgan fingerprint density at radius 3 is 2.75 bits per heavy atom. The Morgan fingerprint density at radius 2 is 2.10 bits per heavy atom. The molecule has 0 unspecified atom stereocenters. The molecule has 4 heteroatoms. The summed E-state index contributed by atoms with van der Waals surface area (Å²) in [4.78, 5) is 7.60. The zero-order chi connectivity index (χ0) is 14.2. The molecule has 0 aromatic carbocycles. The minimum Gasteiger partial charge on any atom is -0.314 e. The lowest BCUT2D eigenvalue weighted by molar-refractivity contribution is 0.0571. The molecule has 1 saturated heterocycles. The lowest BCUT2D eigenvalue weighted by atomic mass is 9.92. The van der Waals surface area contributed by atoms with Crippen LogP contribution >= 0.6 is 11.3 Å². The molecule has 1 aromatic rings. The Labute approximate surface area is 126 Å². The predicted octanol–water partition coefficient (Wildman–Crippen LogP) is 3.16. The summed E-state index contributed by atoms with van der Waals surface area (Å²) in [6.45, 7) is 11.2. The largest absolute Gasteiger partial charge is 0.314 e. The van der Waals surface area contributed by atoms with Gasteiger partial charge in [-0.1, -0.05) is 33.6 Å². The topological polar surface area (TPSA) is 28.2 Å². The Hall–Kier alpha value is -0.450. The van der Waals surface area contributed by atoms with Crippen LogP contribution in [0.5, 0.6) is 0 Å². The van der Waals surface area contributed by atoms with Crippen molar-refractivity contribution in [2.45, 2.75) is 64.0 Å². The first kappa shape index (κ1) is 14.5. The lowest BCUT2D eigenvalue weighted by Crippen LogP contribution is -2.59. The number of aromatic nitrogens is 1. The SMILES string of the molecule is CC(C)(C)c1csc(CN2CCNCC23CCCC3)n1. The summed E-state index contributed by atoms with van der Waals surface area (Å²) in [5.41, 5.74) is 1.84. The van der Waals surface area contributed by atoms with Gasteiger partial charge in [0.05, 0.1) is 12.2 Å². The van der Waals surface area contributed by atoms with Gasteiger partial charge in [-0.3, -0.25) is 4.90 Å². The van der Waals surface area contributed by atoms with Crippen molar-refractivity contribution in [2.24, 2.45) is 0 Å². The van der Waals surface area contributed by atoms with Crippen LogP contribution in [0.25, 0.3) is 0 Å². The van der Waals surface area contributed by atoms with Crippen molar-refractivity contribution in [1.29, 1.82) is 0 Å². The highest BCUT2D eigenvalue weighted by Crippen LogP contribution is 2.37. The highest BCUT2D eigenvalue weighted by atomic mass is 32.1. The molecular weight excluding hydrogens is 266 g/mol. The van der Waals surface area contributed by atoms with Gasteiger partial charge < -0.3 is 5.32 Å². The van der Waals surface area contributed by atoms with E-state index < -0.39 is 0 Å². The molecule has 3 rings (SSSR count). The molecule has 2 fully saturated rings. The van der Waals surface area contributed by atoms with E-state index in [1.54, 1.807) is 0 Å². The van der Waals surface area contributed by atoms with Gasteiger partial charge in [0.1, 0.15) is 5.01 Å². The molecule has 0 radical (unpaired) electrons. The normalized spacial score (nSPS) is 23.6. The van der Waals surface area contributed by atoms with Crippen molar-refractivity contribution in [2.75, 3.05) is 19.6 Å². The average molecular weight is 293 g/mol. The van der Waals surface area contributed by atoms with Gasteiger partial charge in [-0.15, -0.1) is 11.3 Å². The quantitative estimate of drug-likeness (QED) is 0.908. The van der Waals surface area contributed by atoms with E-state index in [0.29, 0.717) is 5.54 Å². The summed E-state index contributed by atoms with van der Waals surface area (Å²) in [6.07, 6.45) is 5.50. The van der Waals surface area contributed by atoms with Crippen molar-refractivity contribution < 1.29 is 0 Å². The van der Waals surface area contributed by atoms with Crippen LogP contribution in [-0.4, -0.2) is 35.1 Å². The Kier molecular flexibility index (Phi) is 3.91. The number of hydrogen-bond donors (Lipinski definition) is 1. The minimum atomic E-state index is 0.170. The van der Waals surface area contributed by atoms with E-state index in [-0.39, 0.29) is 5.41 Å². The molecule has 3 nitrogen and oxygen atoms in total. The summed E-state index contributed by atoms with van der Waals surface area (Å²) in [7, 11) is 0. The Morgan fingerprint density at radius 1 is 1.35 bits per heavy atom. The van der Waals surface area contributed by atoms with Gasteiger partial charge in [0, 0.05) is 36.0 Å². The summed E-state index contributed by atoms with van der Waals surface area (Å²) in [5.74, 6) is 0. The highest BCUT2D eigenvalue weighted by Gasteiger charge is 2.41. The van der Waals surface area contributed by atoms with Crippen molar-refractivity contribution in [1.82, 2.24) is 15.2 Å². The fraction of sp³-hybridized carbons (Fsp3) is 0.812. The van der Waals surface area contributed by atoms with Crippen LogP contribution in [0.2, 0.25) is 0 Å². The maximum atomic E-state index is 4.89. The van der Waals surface area contributed by atoms with E-state index >= 15 is 0 Å². The fourth-order valence-corrected chi connectivity index (χ4v) is 4.58. The molecule has 1 aromatic heterocycles. The van der Waals surface area contributed by atoms with Crippen molar-refractivity contribution in [3.05, 3.63) is 16.1 Å². The van der Waals surface area contributed by atoms with Crippen LogP contribution in [-0.2, 0) is 12.0 Å². The van der Waals surface area contributed by atoms with E-state index in [2.05, 4.69) is 36.4 Å². The molecule has 1 N–H and O–H groups in total. The second-order valence-corrected chi connectivity index (χ2v) is 8.35. The van der Waals surface area contributed by atoms with E-state index in [1.807, 2.05) is 11.3 Å². The zero-order valence-corrected chi connectivity index (χ0v) is 13.9. The number of nitrogens with zero attached hydrogens (tertiary/aromatic N) is 2. The van der Waals surface area contributed by atoms with Gasteiger partial charge in [0.25, 0.3) is 0 Å². The van der Waals surface area contributed by atoms with E-state index in [1.165, 1.54) is 49.5 Å². The Bertz CT molecular complexity index is 455. The molecular formula is C16H27N3S. The number of nitrogens with one attached hydrogen (secondary N) is 1. The third kappa shape index (κ3) is 2.78. The second kappa shape index (κ2) is 5.39. The fourth-order valence-electron chi connectivity index (χ4n) is 3.55.